The molecule has 0 aliphatic rings. The van der Waals surface area contributed by atoms with Crippen molar-refractivity contribution in [3.05, 3.63) is 30.5 Å². The maximum atomic E-state index is 3.34. The molecule has 98 valence electrons. The van der Waals surface area contributed by atoms with Gasteiger partial charge >= 0.3 is 0 Å². The van der Waals surface area contributed by atoms with Gasteiger partial charge in [-0.05, 0) is 25.6 Å². The lowest BCUT2D eigenvalue weighted by Crippen LogP contribution is -2.30. The van der Waals surface area contributed by atoms with E-state index in [9.17, 15) is 0 Å². The van der Waals surface area contributed by atoms with Gasteiger partial charge in [0.2, 0.25) is 0 Å². The summed E-state index contributed by atoms with van der Waals surface area (Å²) < 4.78 is 0. The molecule has 0 saturated heterocycles. The normalized spacial score (nSPS) is 12.8. The van der Waals surface area contributed by atoms with Crippen LogP contribution in [-0.4, -0.2) is 32.2 Å². The molecule has 0 amide bonds. The highest BCUT2D eigenvalue weighted by Gasteiger charge is 2.12. The van der Waals surface area contributed by atoms with Gasteiger partial charge in [-0.25, -0.2) is 0 Å². The number of hydrogen-bond acceptors (Lipinski definition) is 2. The van der Waals surface area contributed by atoms with Crippen LogP contribution in [0.3, 0.4) is 0 Å². The average Bonchev–Trinajstić information content (AvgIpc) is 2.82. The minimum Gasteiger partial charge on any atom is -0.373 e. The van der Waals surface area contributed by atoms with Gasteiger partial charge < -0.3 is 15.2 Å². The minimum absolute atomic E-state index is 0.689. The predicted molar refractivity (Wildman–Crippen MR) is 79.3 cm³/mol. The van der Waals surface area contributed by atoms with Gasteiger partial charge in [0, 0.05) is 30.7 Å². The van der Waals surface area contributed by atoms with Crippen LogP contribution in [-0.2, 0) is 0 Å². The Labute approximate surface area is 109 Å². The highest BCUT2D eigenvalue weighted by atomic mass is 15.1. The van der Waals surface area contributed by atoms with Crippen molar-refractivity contribution in [1.82, 2.24) is 10.3 Å². The van der Waals surface area contributed by atoms with E-state index in [1.807, 2.05) is 7.05 Å². The Morgan fingerprint density at radius 2 is 2.11 bits per heavy atom. The Kier molecular flexibility index (Phi) is 4.26. The number of nitrogens with zero attached hydrogens (tertiary/aromatic N) is 1. The number of aromatic nitrogens is 1. The molecule has 1 aromatic carbocycles. The smallest absolute Gasteiger partial charge is 0.0621 e. The molecule has 1 heterocycles. The SMILES string of the molecule is CCC(CNC)CN(C)c1c[nH]c2ccccc12. The summed E-state index contributed by atoms with van der Waals surface area (Å²) in [6.45, 7) is 4.41. The van der Waals surface area contributed by atoms with Crippen LogP contribution in [0.1, 0.15) is 13.3 Å². The third kappa shape index (κ3) is 2.67. The van der Waals surface area contributed by atoms with Gasteiger partial charge in [-0.2, -0.15) is 0 Å². The topological polar surface area (TPSA) is 31.1 Å². The average molecular weight is 245 g/mol. The fourth-order valence-corrected chi connectivity index (χ4v) is 2.48. The van der Waals surface area contributed by atoms with E-state index < -0.39 is 0 Å². The van der Waals surface area contributed by atoms with Gasteiger partial charge in [0.1, 0.15) is 0 Å². The van der Waals surface area contributed by atoms with Gasteiger partial charge in [-0.3, -0.25) is 0 Å². The molecule has 0 saturated carbocycles. The molecule has 0 aliphatic carbocycles. The summed E-state index contributed by atoms with van der Waals surface area (Å²) in [6.07, 6.45) is 3.31. The van der Waals surface area contributed by atoms with E-state index >= 15 is 0 Å². The maximum absolute atomic E-state index is 3.34. The lowest BCUT2D eigenvalue weighted by molar-refractivity contribution is 0.485. The van der Waals surface area contributed by atoms with Crippen LogP contribution in [0.4, 0.5) is 5.69 Å². The zero-order valence-corrected chi connectivity index (χ0v) is 11.5. The van der Waals surface area contributed by atoms with Crippen LogP contribution in [0.25, 0.3) is 10.9 Å². The number of hydrogen-bond donors (Lipinski definition) is 2. The molecule has 0 fully saturated rings. The molecule has 3 nitrogen and oxygen atoms in total. The van der Waals surface area contributed by atoms with Crippen molar-refractivity contribution in [3.63, 3.8) is 0 Å². The number of anilines is 1. The first-order valence-electron chi connectivity index (χ1n) is 6.68. The Morgan fingerprint density at radius 1 is 1.33 bits per heavy atom. The van der Waals surface area contributed by atoms with Crippen LogP contribution in [0, 0.1) is 5.92 Å². The number of rotatable bonds is 6. The van der Waals surface area contributed by atoms with Crippen molar-refractivity contribution < 1.29 is 0 Å². The Morgan fingerprint density at radius 3 is 2.83 bits per heavy atom. The summed E-state index contributed by atoms with van der Waals surface area (Å²) in [6, 6.07) is 8.46. The highest BCUT2D eigenvalue weighted by molar-refractivity contribution is 5.92. The van der Waals surface area contributed by atoms with E-state index in [0.717, 1.165) is 13.1 Å². The van der Waals surface area contributed by atoms with Gasteiger partial charge in [-0.15, -0.1) is 0 Å². The van der Waals surface area contributed by atoms with Crippen LogP contribution in [0.5, 0.6) is 0 Å². The van der Waals surface area contributed by atoms with Crippen molar-refractivity contribution in [1.29, 1.82) is 0 Å². The van der Waals surface area contributed by atoms with Gasteiger partial charge in [0.05, 0.1) is 5.69 Å². The summed E-state index contributed by atoms with van der Waals surface area (Å²) in [7, 11) is 4.20. The number of nitrogens with one attached hydrogen (secondary N) is 2. The number of para-hydroxylation sites is 1. The number of aromatic amines is 1. The lowest BCUT2D eigenvalue weighted by Gasteiger charge is -2.24. The molecule has 3 heteroatoms. The summed E-state index contributed by atoms with van der Waals surface area (Å²) in [5, 5.41) is 4.58. The van der Waals surface area contributed by atoms with Crippen molar-refractivity contribution >= 4 is 16.6 Å². The Balaban J connectivity index is 2.15. The summed E-state index contributed by atoms with van der Waals surface area (Å²) >= 11 is 0. The number of H-pyrrole nitrogens is 1. The van der Waals surface area contributed by atoms with Crippen molar-refractivity contribution in [2.75, 3.05) is 32.1 Å². The molecule has 1 unspecified atom stereocenters. The second-order valence-electron chi connectivity index (χ2n) is 4.93. The molecule has 0 spiro atoms. The number of benzene rings is 1. The molecular formula is C15H23N3. The molecule has 2 N–H and O–H groups in total. The van der Waals surface area contributed by atoms with Crippen molar-refractivity contribution in [3.8, 4) is 0 Å². The molecule has 2 rings (SSSR count). The van der Waals surface area contributed by atoms with E-state index in [1.165, 1.54) is 23.0 Å². The van der Waals surface area contributed by atoms with Gasteiger partial charge in [-0.1, -0.05) is 31.5 Å². The lowest BCUT2D eigenvalue weighted by atomic mass is 10.1. The summed E-state index contributed by atoms with van der Waals surface area (Å²) in [5.74, 6) is 0.689. The van der Waals surface area contributed by atoms with E-state index in [4.69, 9.17) is 0 Å². The first kappa shape index (κ1) is 13.0. The Hall–Kier alpha value is -1.48. The van der Waals surface area contributed by atoms with E-state index in [0.29, 0.717) is 5.92 Å². The van der Waals surface area contributed by atoms with Crippen molar-refractivity contribution in [2.24, 2.45) is 5.92 Å². The molecule has 0 aliphatic heterocycles. The summed E-state index contributed by atoms with van der Waals surface area (Å²) in [5.41, 5.74) is 2.50. The molecule has 2 aromatic rings. The van der Waals surface area contributed by atoms with Crippen molar-refractivity contribution in [2.45, 2.75) is 13.3 Å². The molecule has 0 radical (unpaired) electrons. The van der Waals surface area contributed by atoms with Gasteiger partial charge in [0.25, 0.3) is 0 Å². The molecule has 18 heavy (non-hydrogen) atoms. The molecule has 0 bridgehead atoms. The third-order valence-electron chi connectivity index (χ3n) is 3.58. The van der Waals surface area contributed by atoms with Crippen LogP contribution in [0.15, 0.2) is 30.5 Å². The zero-order valence-electron chi connectivity index (χ0n) is 11.5. The van der Waals surface area contributed by atoms with E-state index in [2.05, 4.69) is 59.6 Å². The van der Waals surface area contributed by atoms with Crippen LogP contribution in [0.2, 0.25) is 0 Å². The second kappa shape index (κ2) is 5.91. The fraction of sp³-hybridized carbons (Fsp3) is 0.467. The monoisotopic (exact) mass is 245 g/mol. The van der Waals surface area contributed by atoms with Gasteiger partial charge in [0.15, 0.2) is 0 Å². The molecule has 1 atom stereocenters. The fourth-order valence-electron chi connectivity index (χ4n) is 2.48. The second-order valence-corrected chi connectivity index (χ2v) is 4.93. The summed E-state index contributed by atoms with van der Waals surface area (Å²) in [4.78, 5) is 5.69. The Bertz CT molecular complexity index is 489. The van der Waals surface area contributed by atoms with Crippen LogP contribution >= 0.6 is 0 Å². The largest absolute Gasteiger partial charge is 0.373 e. The quantitative estimate of drug-likeness (QED) is 0.820. The van der Waals surface area contributed by atoms with E-state index in [-0.39, 0.29) is 0 Å². The first-order chi connectivity index (χ1) is 8.76. The van der Waals surface area contributed by atoms with E-state index in [1.54, 1.807) is 0 Å². The zero-order chi connectivity index (χ0) is 13.0. The third-order valence-corrected chi connectivity index (χ3v) is 3.58. The predicted octanol–water partition coefficient (Wildman–Crippen LogP) is 2.85. The molecular weight excluding hydrogens is 222 g/mol. The van der Waals surface area contributed by atoms with Crippen LogP contribution < -0.4 is 10.2 Å². The number of fused-ring (bicyclic) bond motifs is 1. The maximum Gasteiger partial charge on any atom is 0.0621 e. The first-order valence-corrected chi connectivity index (χ1v) is 6.68. The highest BCUT2D eigenvalue weighted by Crippen LogP contribution is 2.26. The minimum atomic E-state index is 0.689. The standard InChI is InChI=1S/C15H23N3/c1-4-12(9-16-2)11-18(3)15-10-17-14-8-6-5-7-13(14)15/h5-8,10,12,16-17H,4,9,11H2,1-3H3. The molecule has 1 aromatic heterocycles.